The van der Waals surface area contributed by atoms with E-state index in [0.717, 1.165) is 21.3 Å². The minimum Gasteiger partial charge on any atom is -0.497 e. The van der Waals surface area contributed by atoms with Gasteiger partial charge in [0.05, 0.1) is 13.2 Å². The monoisotopic (exact) mass is 390 g/mol. The van der Waals surface area contributed by atoms with E-state index in [9.17, 15) is 4.79 Å². The Kier molecular flexibility index (Phi) is 6.82. The molecule has 0 heterocycles. The number of rotatable bonds is 7. The number of hydrogen-bond acceptors (Lipinski definition) is 3. The molecule has 0 radical (unpaired) electrons. The Morgan fingerprint density at radius 3 is 2.29 bits per heavy atom. The summed E-state index contributed by atoms with van der Waals surface area (Å²) in [5, 5.41) is 6.27. The average molecular weight is 391 g/mol. The van der Waals surface area contributed by atoms with Gasteiger partial charge in [-0.2, -0.15) is 0 Å². The van der Waals surface area contributed by atoms with Gasteiger partial charge >= 0.3 is 0 Å². The van der Waals surface area contributed by atoms with Crippen molar-refractivity contribution in [3.8, 4) is 5.75 Å². The molecule has 2 aromatic carbocycles. The van der Waals surface area contributed by atoms with Crippen LogP contribution in [0.15, 0.2) is 53.0 Å². The lowest BCUT2D eigenvalue weighted by Crippen LogP contribution is -2.42. The van der Waals surface area contributed by atoms with Crippen LogP contribution in [0.4, 0.5) is 0 Å². The van der Waals surface area contributed by atoms with Crippen molar-refractivity contribution >= 4 is 21.8 Å². The Labute approximate surface area is 151 Å². The summed E-state index contributed by atoms with van der Waals surface area (Å²) in [6.07, 6.45) is 0. The first-order valence-corrected chi connectivity index (χ1v) is 8.71. The maximum atomic E-state index is 12.3. The van der Waals surface area contributed by atoms with E-state index >= 15 is 0 Å². The summed E-state index contributed by atoms with van der Waals surface area (Å²) in [5.41, 5.74) is 2.19. The SMILES string of the molecule is COc1ccc(CNC(=O)[C@@H](C)N[C@@H](C)c2ccc(Br)cc2)cc1. The predicted octanol–water partition coefficient (Wildman–Crippen LogP) is 3.81. The molecule has 0 saturated carbocycles. The van der Waals surface area contributed by atoms with Gasteiger partial charge in [-0.15, -0.1) is 0 Å². The lowest BCUT2D eigenvalue weighted by Gasteiger charge is -2.20. The molecule has 0 bridgehead atoms. The molecule has 1 amide bonds. The van der Waals surface area contributed by atoms with Gasteiger partial charge < -0.3 is 10.1 Å². The molecule has 0 fully saturated rings. The lowest BCUT2D eigenvalue weighted by molar-refractivity contribution is -0.123. The first-order chi connectivity index (χ1) is 11.5. The van der Waals surface area contributed by atoms with Crippen LogP contribution in [0.25, 0.3) is 0 Å². The van der Waals surface area contributed by atoms with E-state index in [1.165, 1.54) is 0 Å². The van der Waals surface area contributed by atoms with E-state index < -0.39 is 0 Å². The second-order valence-corrected chi connectivity index (χ2v) is 6.64. The van der Waals surface area contributed by atoms with Gasteiger partial charge in [0.2, 0.25) is 5.91 Å². The molecule has 2 atom stereocenters. The number of methoxy groups -OCH3 is 1. The van der Waals surface area contributed by atoms with Crippen molar-refractivity contribution in [3.05, 3.63) is 64.1 Å². The van der Waals surface area contributed by atoms with Gasteiger partial charge in [0.15, 0.2) is 0 Å². The van der Waals surface area contributed by atoms with Crippen LogP contribution < -0.4 is 15.4 Å². The number of nitrogens with one attached hydrogen (secondary N) is 2. The maximum Gasteiger partial charge on any atom is 0.237 e. The largest absolute Gasteiger partial charge is 0.497 e. The molecular formula is C19H23BrN2O2. The molecule has 128 valence electrons. The van der Waals surface area contributed by atoms with Crippen LogP contribution in [-0.4, -0.2) is 19.1 Å². The van der Waals surface area contributed by atoms with Crippen molar-refractivity contribution < 1.29 is 9.53 Å². The molecule has 0 spiro atoms. The third-order valence-corrected chi connectivity index (χ3v) is 4.42. The molecule has 0 aliphatic rings. The van der Waals surface area contributed by atoms with Crippen molar-refractivity contribution in [1.82, 2.24) is 10.6 Å². The second-order valence-electron chi connectivity index (χ2n) is 5.73. The van der Waals surface area contributed by atoms with Gasteiger partial charge in [-0.1, -0.05) is 40.2 Å². The summed E-state index contributed by atoms with van der Waals surface area (Å²) >= 11 is 3.43. The standard InChI is InChI=1S/C19H23BrN2O2/c1-13(16-6-8-17(20)9-7-16)22-14(2)19(23)21-12-15-4-10-18(24-3)11-5-15/h4-11,13-14,22H,12H2,1-3H3,(H,21,23)/t13-,14+/m0/s1. The number of ether oxygens (including phenoxy) is 1. The Morgan fingerprint density at radius 2 is 1.71 bits per heavy atom. The van der Waals surface area contributed by atoms with E-state index in [0.29, 0.717) is 6.54 Å². The topological polar surface area (TPSA) is 50.4 Å². The molecule has 2 aromatic rings. The smallest absolute Gasteiger partial charge is 0.237 e. The molecule has 0 aliphatic carbocycles. The van der Waals surface area contributed by atoms with Crippen molar-refractivity contribution in [2.45, 2.75) is 32.5 Å². The van der Waals surface area contributed by atoms with E-state index in [-0.39, 0.29) is 18.0 Å². The quantitative estimate of drug-likeness (QED) is 0.755. The van der Waals surface area contributed by atoms with Crippen molar-refractivity contribution in [2.75, 3.05) is 7.11 Å². The van der Waals surface area contributed by atoms with Crippen LogP contribution in [-0.2, 0) is 11.3 Å². The Morgan fingerprint density at radius 1 is 1.08 bits per heavy atom. The molecule has 2 rings (SSSR count). The molecule has 5 heteroatoms. The van der Waals surface area contributed by atoms with Gasteiger partial charge in [0.1, 0.15) is 5.75 Å². The van der Waals surface area contributed by atoms with Gasteiger partial charge in [-0.3, -0.25) is 10.1 Å². The van der Waals surface area contributed by atoms with Crippen LogP contribution in [0.3, 0.4) is 0 Å². The molecule has 0 unspecified atom stereocenters. The number of halogens is 1. The van der Waals surface area contributed by atoms with E-state index in [2.05, 4.69) is 33.5 Å². The Balaban J connectivity index is 1.83. The van der Waals surface area contributed by atoms with Gasteiger partial charge in [-0.05, 0) is 49.2 Å². The lowest BCUT2D eigenvalue weighted by atomic mass is 10.1. The highest BCUT2D eigenvalue weighted by atomic mass is 79.9. The molecule has 24 heavy (non-hydrogen) atoms. The van der Waals surface area contributed by atoms with E-state index in [4.69, 9.17) is 4.74 Å². The zero-order chi connectivity index (χ0) is 17.5. The highest BCUT2D eigenvalue weighted by molar-refractivity contribution is 9.10. The van der Waals surface area contributed by atoms with Crippen molar-refractivity contribution in [2.24, 2.45) is 0 Å². The fourth-order valence-corrected chi connectivity index (χ4v) is 2.65. The number of amides is 1. The normalized spacial score (nSPS) is 13.2. The van der Waals surface area contributed by atoms with Gasteiger partial charge in [0, 0.05) is 17.1 Å². The second kappa shape index (κ2) is 8.85. The van der Waals surface area contributed by atoms with E-state index in [1.54, 1.807) is 7.11 Å². The van der Waals surface area contributed by atoms with Crippen molar-refractivity contribution in [3.63, 3.8) is 0 Å². The number of benzene rings is 2. The predicted molar refractivity (Wildman–Crippen MR) is 100.0 cm³/mol. The highest BCUT2D eigenvalue weighted by Gasteiger charge is 2.16. The minimum atomic E-state index is -0.276. The fourth-order valence-electron chi connectivity index (χ4n) is 2.38. The summed E-state index contributed by atoms with van der Waals surface area (Å²) in [5.74, 6) is 0.790. The van der Waals surface area contributed by atoms with Crippen LogP contribution in [0, 0.1) is 0 Å². The maximum absolute atomic E-state index is 12.3. The number of carbonyl (C=O) groups excluding carboxylic acids is 1. The number of hydrogen-bond donors (Lipinski definition) is 2. The summed E-state index contributed by atoms with van der Waals surface area (Å²) in [7, 11) is 1.64. The zero-order valence-electron chi connectivity index (χ0n) is 14.2. The van der Waals surface area contributed by atoms with Gasteiger partial charge in [-0.25, -0.2) is 0 Å². The van der Waals surface area contributed by atoms with Crippen LogP contribution in [0.2, 0.25) is 0 Å². The van der Waals surface area contributed by atoms with Crippen LogP contribution in [0.5, 0.6) is 5.75 Å². The average Bonchev–Trinajstić information content (AvgIpc) is 2.60. The van der Waals surface area contributed by atoms with Crippen molar-refractivity contribution in [1.29, 1.82) is 0 Å². The molecule has 2 N–H and O–H groups in total. The summed E-state index contributed by atoms with van der Waals surface area (Å²) < 4.78 is 6.17. The van der Waals surface area contributed by atoms with E-state index in [1.807, 2.05) is 55.5 Å². The minimum absolute atomic E-state index is 0.0187. The number of carbonyl (C=O) groups is 1. The molecule has 0 aromatic heterocycles. The Bertz CT molecular complexity index is 656. The first-order valence-electron chi connectivity index (χ1n) is 7.91. The molecule has 0 aliphatic heterocycles. The third-order valence-electron chi connectivity index (χ3n) is 3.89. The summed E-state index contributed by atoms with van der Waals surface area (Å²) in [6.45, 7) is 4.43. The first kappa shape index (κ1) is 18.5. The third kappa shape index (κ3) is 5.35. The highest BCUT2D eigenvalue weighted by Crippen LogP contribution is 2.17. The van der Waals surface area contributed by atoms with Gasteiger partial charge in [0.25, 0.3) is 0 Å². The van der Waals surface area contributed by atoms with Crippen LogP contribution >= 0.6 is 15.9 Å². The zero-order valence-corrected chi connectivity index (χ0v) is 15.8. The Hall–Kier alpha value is -1.85. The van der Waals surface area contributed by atoms with Crippen LogP contribution in [0.1, 0.15) is 31.0 Å². The molecule has 4 nitrogen and oxygen atoms in total. The summed E-state index contributed by atoms with van der Waals surface area (Å²) in [4.78, 5) is 12.3. The summed E-state index contributed by atoms with van der Waals surface area (Å²) in [6, 6.07) is 15.6. The molecular weight excluding hydrogens is 368 g/mol. The molecule has 0 saturated heterocycles. The fraction of sp³-hybridized carbons (Fsp3) is 0.316.